The summed E-state index contributed by atoms with van der Waals surface area (Å²) in [5.74, 6) is 0.384. The van der Waals surface area contributed by atoms with E-state index in [1.165, 1.54) is 25.9 Å². The number of nitrogen functional groups attached to an aromatic ring is 1. The molecule has 1 fully saturated rings. The average Bonchev–Trinajstić information content (AvgIpc) is 2.92. The molecule has 2 rings (SSSR count). The van der Waals surface area contributed by atoms with E-state index < -0.39 is 0 Å². The SMILES string of the molecule is CC(CNC(=O)c1cccc(N)c1Br)CN1CCCC1. The van der Waals surface area contributed by atoms with Gasteiger partial charge in [-0.15, -0.1) is 0 Å². The number of hydrogen-bond donors (Lipinski definition) is 2. The number of amides is 1. The molecule has 1 aromatic rings. The van der Waals surface area contributed by atoms with E-state index in [4.69, 9.17) is 5.73 Å². The maximum Gasteiger partial charge on any atom is 0.252 e. The fraction of sp³-hybridized carbons (Fsp3) is 0.533. The van der Waals surface area contributed by atoms with Gasteiger partial charge in [0.2, 0.25) is 0 Å². The quantitative estimate of drug-likeness (QED) is 0.810. The average molecular weight is 340 g/mol. The Morgan fingerprint density at radius 3 is 2.85 bits per heavy atom. The highest BCUT2D eigenvalue weighted by molar-refractivity contribution is 9.10. The summed E-state index contributed by atoms with van der Waals surface area (Å²) in [5.41, 5.74) is 6.97. The first-order valence-electron chi connectivity index (χ1n) is 7.12. The molecule has 1 aliphatic heterocycles. The van der Waals surface area contributed by atoms with Crippen molar-refractivity contribution in [3.63, 3.8) is 0 Å². The second kappa shape index (κ2) is 7.09. The van der Waals surface area contributed by atoms with Gasteiger partial charge < -0.3 is 16.0 Å². The van der Waals surface area contributed by atoms with Crippen LogP contribution >= 0.6 is 15.9 Å². The molecule has 1 saturated heterocycles. The van der Waals surface area contributed by atoms with Crippen LogP contribution in [0.2, 0.25) is 0 Å². The van der Waals surface area contributed by atoms with Crippen LogP contribution in [0.3, 0.4) is 0 Å². The Labute approximate surface area is 128 Å². The summed E-state index contributed by atoms with van der Waals surface area (Å²) < 4.78 is 0.671. The van der Waals surface area contributed by atoms with Gasteiger partial charge in [-0.3, -0.25) is 4.79 Å². The Balaban J connectivity index is 1.83. The van der Waals surface area contributed by atoms with Gasteiger partial charge in [-0.25, -0.2) is 0 Å². The van der Waals surface area contributed by atoms with Crippen molar-refractivity contribution in [2.45, 2.75) is 19.8 Å². The Hall–Kier alpha value is -1.07. The maximum atomic E-state index is 12.1. The lowest BCUT2D eigenvalue weighted by molar-refractivity contribution is 0.0944. The zero-order valence-corrected chi connectivity index (χ0v) is 13.4. The fourth-order valence-corrected chi connectivity index (χ4v) is 3.00. The topological polar surface area (TPSA) is 58.4 Å². The second-order valence-corrected chi connectivity index (χ2v) is 6.32. The molecule has 1 aromatic carbocycles. The summed E-state index contributed by atoms with van der Waals surface area (Å²) in [5, 5.41) is 2.99. The summed E-state index contributed by atoms with van der Waals surface area (Å²) >= 11 is 3.36. The minimum atomic E-state index is -0.0718. The van der Waals surface area contributed by atoms with E-state index >= 15 is 0 Å². The molecule has 0 aliphatic carbocycles. The molecule has 1 unspecified atom stereocenters. The van der Waals surface area contributed by atoms with Crippen molar-refractivity contribution in [2.24, 2.45) is 5.92 Å². The predicted octanol–water partition coefficient (Wildman–Crippen LogP) is 2.49. The molecule has 0 aromatic heterocycles. The summed E-state index contributed by atoms with van der Waals surface area (Å²) in [4.78, 5) is 14.6. The number of likely N-dealkylation sites (tertiary alicyclic amines) is 1. The summed E-state index contributed by atoms with van der Waals surface area (Å²) in [6.45, 7) is 6.31. The monoisotopic (exact) mass is 339 g/mol. The lowest BCUT2D eigenvalue weighted by Crippen LogP contribution is -2.34. The highest BCUT2D eigenvalue weighted by Crippen LogP contribution is 2.23. The first-order valence-corrected chi connectivity index (χ1v) is 7.91. The van der Waals surface area contributed by atoms with E-state index in [-0.39, 0.29) is 5.91 Å². The van der Waals surface area contributed by atoms with Crippen molar-refractivity contribution in [2.75, 3.05) is 31.9 Å². The predicted molar refractivity (Wildman–Crippen MR) is 85.7 cm³/mol. The molecule has 0 radical (unpaired) electrons. The molecule has 1 heterocycles. The number of nitrogens with one attached hydrogen (secondary N) is 1. The normalized spacial score (nSPS) is 17.1. The van der Waals surface area contributed by atoms with Gasteiger partial charge in [-0.1, -0.05) is 13.0 Å². The van der Waals surface area contributed by atoms with Crippen LogP contribution in [0.1, 0.15) is 30.1 Å². The number of rotatable bonds is 5. The molecule has 5 heteroatoms. The second-order valence-electron chi connectivity index (χ2n) is 5.53. The molecular formula is C15H22BrN3O. The third kappa shape index (κ3) is 3.96. The minimum Gasteiger partial charge on any atom is -0.398 e. The van der Waals surface area contributed by atoms with Gasteiger partial charge in [0.15, 0.2) is 0 Å². The summed E-state index contributed by atoms with van der Waals surface area (Å²) in [6, 6.07) is 5.35. The van der Waals surface area contributed by atoms with Gasteiger partial charge in [0.1, 0.15) is 0 Å². The molecular weight excluding hydrogens is 318 g/mol. The summed E-state index contributed by atoms with van der Waals surface area (Å²) in [6.07, 6.45) is 2.60. The van der Waals surface area contributed by atoms with E-state index in [9.17, 15) is 4.79 Å². The molecule has 1 amide bonds. The Kier molecular flexibility index (Phi) is 5.43. The zero-order valence-electron chi connectivity index (χ0n) is 11.9. The van der Waals surface area contributed by atoms with Gasteiger partial charge in [0.05, 0.1) is 10.0 Å². The van der Waals surface area contributed by atoms with E-state index in [2.05, 4.69) is 33.1 Å². The molecule has 20 heavy (non-hydrogen) atoms. The van der Waals surface area contributed by atoms with Crippen molar-refractivity contribution in [3.05, 3.63) is 28.2 Å². The van der Waals surface area contributed by atoms with Crippen LogP contribution in [-0.2, 0) is 0 Å². The standard InChI is InChI=1S/C15H22BrN3O/c1-11(10-19-7-2-3-8-19)9-18-15(20)12-5-4-6-13(17)14(12)16/h4-6,11H,2-3,7-10,17H2,1H3,(H,18,20). The van der Waals surface area contributed by atoms with Crippen molar-refractivity contribution in [3.8, 4) is 0 Å². The van der Waals surface area contributed by atoms with E-state index in [1.54, 1.807) is 18.2 Å². The molecule has 0 spiro atoms. The first kappa shape index (κ1) is 15.3. The summed E-state index contributed by atoms with van der Waals surface area (Å²) in [7, 11) is 0. The fourth-order valence-electron chi connectivity index (χ4n) is 2.56. The van der Waals surface area contributed by atoms with E-state index in [0.29, 0.717) is 28.2 Å². The van der Waals surface area contributed by atoms with Gasteiger partial charge >= 0.3 is 0 Å². The third-order valence-electron chi connectivity index (χ3n) is 3.65. The van der Waals surface area contributed by atoms with Gasteiger partial charge in [-0.05, 0) is 59.9 Å². The smallest absolute Gasteiger partial charge is 0.252 e. The zero-order chi connectivity index (χ0) is 14.5. The Morgan fingerprint density at radius 1 is 1.45 bits per heavy atom. The number of anilines is 1. The van der Waals surface area contributed by atoms with Crippen molar-refractivity contribution < 1.29 is 4.79 Å². The van der Waals surface area contributed by atoms with E-state index in [1.807, 2.05) is 0 Å². The van der Waals surface area contributed by atoms with Crippen LogP contribution < -0.4 is 11.1 Å². The largest absolute Gasteiger partial charge is 0.398 e. The number of nitrogens with zero attached hydrogens (tertiary/aromatic N) is 1. The molecule has 1 atom stereocenters. The number of hydrogen-bond acceptors (Lipinski definition) is 3. The third-order valence-corrected chi connectivity index (χ3v) is 4.54. The van der Waals surface area contributed by atoms with Crippen LogP contribution in [0.25, 0.3) is 0 Å². The minimum absolute atomic E-state index is 0.0718. The highest BCUT2D eigenvalue weighted by Gasteiger charge is 2.16. The molecule has 4 nitrogen and oxygen atoms in total. The van der Waals surface area contributed by atoms with Gasteiger partial charge in [0.25, 0.3) is 5.91 Å². The van der Waals surface area contributed by atoms with Crippen molar-refractivity contribution in [1.29, 1.82) is 0 Å². The molecule has 3 N–H and O–H groups in total. The van der Waals surface area contributed by atoms with Crippen LogP contribution in [0, 0.1) is 5.92 Å². The molecule has 0 bridgehead atoms. The van der Waals surface area contributed by atoms with Crippen LogP contribution in [0.4, 0.5) is 5.69 Å². The van der Waals surface area contributed by atoms with Gasteiger partial charge in [-0.2, -0.15) is 0 Å². The van der Waals surface area contributed by atoms with Crippen molar-refractivity contribution in [1.82, 2.24) is 10.2 Å². The maximum absolute atomic E-state index is 12.1. The number of carbonyl (C=O) groups excluding carboxylic acids is 1. The molecule has 0 saturated carbocycles. The lowest BCUT2D eigenvalue weighted by Gasteiger charge is -2.20. The molecule has 1 aliphatic rings. The van der Waals surface area contributed by atoms with Crippen LogP contribution in [0.15, 0.2) is 22.7 Å². The Morgan fingerprint density at radius 2 is 2.15 bits per heavy atom. The number of halogens is 1. The molecule has 110 valence electrons. The number of benzene rings is 1. The van der Waals surface area contributed by atoms with Crippen LogP contribution in [0.5, 0.6) is 0 Å². The number of nitrogens with two attached hydrogens (primary N) is 1. The van der Waals surface area contributed by atoms with E-state index in [0.717, 1.165) is 6.54 Å². The van der Waals surface area contributed by atoms with Gasteiger partial charge in [0, 0.05) is 18.8 Å². The Bertz CT molecular complexity index is 472. The number of carbonyl (C=O) groups is 1. The lowest BCUT2D eigenvalue weighted by atomic mass is 10.1. The van der Waals surface area contributed by atoms with Crippen molar-refractivity contribution >= 4 is 27.5 Å². The first-order chi connectivity index (χ1) is 9.58. The van der Waals surface area contributed by atoms with Crippen LogP contribution in [-0.4, -0.2) is 37.0 Å². The highest BCUT2D eigenvalue weighted by atomic mass is 79.9.